The van der Waals surface area contributed by atoms with Crippen molar-refractivity contribution in [3.05, 3.63) is 23.8 Å². The number of hydrogen-bond donors (Lipinski definition) is 0. The van der Waals surface area contributed by atoms with Crippen LogP contribution in [-0.2, 0) is 9.53 Å². The van der Waals surface area contributed by atoms with Crippen molar-refractivity contribution in [2.45, 2.75) is 25.9 Å². The van der Waals surface area contributed by atoms with E-state index in [9.17, 15) is 4.79 Å². The van der Waals surface area contributed by atoms with E-state index in [0.717, 1.165) is 17.7 Å². The van der Waals surface area contributed by atoms with Crippen LogP contribution < -0.4 is 9.47 Å². The third-order valence-corrected chi connectivity index (χ3v) is 2.77. The Morgan fingerprint density at radius 1 is 1.53 bits per heavy atom. The Balaban J connectivity index is 2.24. The van der Waals surface area contributed by atoms with E-state index in [-0.39, 0.29) is 12.1 Å². The Hall–Kier alpha value is -1.55. The number of fused-ring (bicyclic) bond motifs is 1. The van der Waals surface area contributed by atoms with Crippen molar-refractivity contribution in [2.75, 3.05) is 13.7 Å². The van der Waals surface area contributed by atoms with Gasteiger partial charge in [0.25, 0.3) is 0 Å². The van der Waals surface area contributed by atoms with Crippen LogP contribution in [0, 0.1) is 0 Å². The summed E-state index contributed by atoms with van der Waals surface area (Å²) < 4.78 is 16.1. The van der Waals surface area contributed by atoms with E-state index in [0.29, 0.717) is 18.8 Å². The van der Waals surface area contributed by atoms with E-state index in [4.69, 9.17) is 14.2 Å². The Morgan fingerprint density at radius 3 is 3.06 bits per heavy atom. The lowest BCUT2D eigenvalue weighted by Gasteiger charge is -2.25. The zero-order valence-corrected chi connectivity index (χ0v) is 10.1. The van der Waals surface area contributed by atoms with Gasteiger partial charge in [-0.3, -0.25) is 4.79 Å². The summed E-state index contributed by atoms with van der Waals surface area (Å²) in [6.45, 7) is 2.42. The van der Waals surface area contributed by atoms with Gasteiger partial charge in [-0.05, 0) is 18.2 Å². The van der Waals surface area contributed by atoms with E-state index in [2.05, 4.69) is 0 Å². The highest BCUT2D eigenvalue weighted by Crippen LogP contribution is 2.36. The zero-order chi connectivity index (χ0) is 12.3. The first-order valence-electron chi connectivity index (χ1n) is 5.74. The first kappa shape index (κ1) is 11.9. The van der Waals surface area contributed by atoms with Gasteiger partial charge < -0.3 is 14.2 Å². The number of methoxy groups -OCH3 is 1. The van der Waals surface area contributed by atoms with Crippen molar-refractivity contribution in [3.8, 4) is 11.5 Å². The molecule has 0 radical (unpaired) electrons. The molecule has 1 aromatic carbocycles. The molecular formula is C13H16O4. The highest BCUT2D eigenvalue weighted by atomic mass is 16.5. The first-order valence-corrected chi connectivity index (χ1v) is 5.74. The lowest BCUT2D eigenvalue weighted by molar-refractivity contribution is -0.134. The number of carbonyl (C=O) groups excluding carboxylic acids is 1. The van der Waals surface area contributed by atoms with Gasteiger partial charge >= 0.3 is 5.97 Å². The number of carbonyl (C=O) groups is 1. The molecule has 0 bridgehead atoms. The Labute approximate surface area is 100 Å². The lowest BCUT2D eigenvalue weighted by Crippen LogP contribution is -2.16. The zero-order valence-electron chi connectivity index (χ0n) is 10.1. The Morgan fingerprint density at radius 2 is 2.35 bits per heavy atom. The van der Waals surface area contributed by atoms with E-state index in [1.165, 1.54) is 0 Å². The predicted molar refractivity (Wildman–Crippen MR) is 62.2 cm³/mol. The molecule has 0 aliphatic carbocycles. The molecule has 1 aromatic rings. The second-order valence-electron chi connectivity index (χ2n) is 3.89. The largest absolute Gasteiger partial charge is 0.493 e. The van der Waals surface area contributed by atoms with Crippen molar-refractivity contribution < 1.29 is 19.0 Å². The number of benzene rings is 1. The van der Waals surface area contributed by atoms with E-state index in [1.807, 2.05) is 12.1 Å². The second kappa shape index (κ2) is 5.19. The van der Waals surface area contributed by atoms with Gasteiger partial charge in [0, 0.05) is 25.5 Å². The van der Waals surface area contributed by atoms with Crippen LogP contribution >= 0.6 is 0 Å². The first-order chi connectivity index (χ1) is 8.24. The van der Waals surface area contributed by atoms with Gasteiger partial charge in [-0.2, -0.15) is 0 Å². The summed E-state index contributed by atoms with van der Waals surface area (Å²) in [7, 11) is 1.67. The van der Waals surface area contributed by atoms with E-state index in [1.54, 1.807) is 20.1 Å². The molecule has 1 aliphatic rings. The monoisotopic (exact) mass is 236 g/mol. The Kier molecular flexibility index (Phi) is 3.64. The topological polar surface area (TPSA) is 44.8 Å². The summed E-state index contributed by atoms with van der Waals surface area (Å²) in [6.07, 6.45) is 1.19. The molecule has 1 aliphatic heterocycles. The summed E-state index contributed by atoms with van der Waals surface area (Å²) in [5.41, 5.74) is 0.945. The third-order valence-electron chi connectivity index (χ3n) is 2.77. The highest BCUT2D eigenvalue weighted by Gasteiger charge is 2.22. The molecule has 4 heteroatoms. The van der Waals surface area contributed by atoms with Gasteiger partial charge in [-0.1, -0.05) is 6.92 Å². The fraction of sp³-hybridized carbons (Fsp3) is 0.462. The fourth-order valence-corrected chi connectivity index (χ4v) is 1.85. The van der Waals surface area contributed by atoms with Crippen LogP contribution in [0.3, 0.4) is 0 Å². The quantitative estimate of drug-likeness (QED) is 0.597. The maximum atomic E-state index is 11.2. The molecule has 1 unspecified atom stereocenters. The molecule has 0 saturated carbocycles. The second-order valence-corrected chi connectivity index (χ2v) is 3.89. The van der Waals surface area contributed by atoms with Crippen LogP contribution in [0.4, 0.5) is 0 Å². The molecule has 0 saturated heterocycles. The minimum atomic E-state index is -0.240. The van der Waals surface area contributed by atoms with Crippen LogP contribution in [0.15, 0.2) is 18.2 Å². The Bertz CT molecular complexity index is 414. The normalized spacial score (nSPS) is 18.1. The van der Waals surface area contributed by atoms with Gasteiger partial charge in [0.1, 0.15) is 11.5 Å². The fourth-order valence-electron chi connectivity index (χ4n) is 1.85. The molecule has 2 rings (SSSR count). The van der Waals surface area contributed by atoms with Crippen molar-refractivity contribution in [1.82, 2.24) is 0 Å². The number of hydrogen-bond acceptors (Lipinski definition) is 4. The molecule has 0 spiro atoms. The smallest absolute Gasteiger partial charge is 0.310 e. The van der Waals surface area contributed by atoms with Crippen LogP contribution in [0.2, 0.25) is 0 Å². The average Bonchev–Trinajstić information content (AvgIpc) is 2.37. The molecular weight excluding hydrogens is 220 g/mol. The molecule has 0 fully saturated rings. The van der Waals surface area contributed by atoms with Gasteiger partial charge in [-0.15, -0.1) is 0 Å². The summed E-state index contributed by atoms with van der Waals surface area (Å²) >= 11 is 0. The average molecular weight is 236 g/mol. The number of esters is 1. The SMILES string of the molecule is CCC(=O)Oc1ccc2c(c1)C(OC)CCO2. The van der Waals surface area contributed by atoms with E-state index < -0.39 is 0 Å². The van der Waals surface area contributed by atoms with Gasteiger partial charge in [0.15, 0.2) is 0 Å². The molecule has 0 amide bonds. The number of ether oxygens (including phenoxy) is 3. The van der Waals surface area contributed by atoms with Crippen LogP contribution in [0.5, 0.6) is 11.5 Å². The van der Waals surface area contributed by atoms with Crippen molar-refractivity contribution in [2.24, 2.45) is 0 Å². The molecule has 4 nitrogen and oxygen atoms in total. The van der Waals surface area contributed by atoms with Gasteiger partial charge in [-0.25, -0.2) is 0 Å². The number of rotatable bonds is 3. The molecule has 1 atom stereocenters. The third kappa shape index (κ3) is 2.58. The van der Waals surface area contributed by atoms with E-state index >= 15 is 0 Å². The van der Waals surface area contributed by atoms with Crippen molar-refractivity contribution in [3.63, 3.8) is 0 Å². The minimum absolute atomic E-state index is 0.0130. The molecule has 0 aromatic heterocycles. The van der Waals surface area contributed by atoms with Crippen LogP contribution in [0.1, 0.15) is 31.4 Å². The van der Waals surface area contributed by atoms with Crippen LogP contribution in [0.25, 0.3) is 0 Å². The minimum Gasteiger partial charge on any atom is -0.493 e. The molecule has 92 valence electrons. The summed E-state index contributed by atoms with van der Waals surface area (Å²) in [5, 5.41) is 0. The van der Waals surface area contributed by atoms with Crippen molar-refractivity contribution in [1.29, 1.82) is 0 Å². The van der Waals surface area contributed by atoms with Crippen LogP contribution in [-0.4, -0.2) is 19.7 Å². The summed E-state index contributed by atoms with van der Waals surface area (Å²) in [4.78, 5) is 11.2. The predicted octanol–water partition coefficient (Wildman–Crippen LogP) is 2.47. The lowest BCUT2D eigenvalue weighted by atomic mass is 10.0. The molecule has 1 heterocycles. The summed E-state index contributed by atoms with van der Waals surface area (Å²) in [5.74, 6) is 1.11. The maximum Gasteiger partial charge on any atom is 0.310 e. The molecule has 17 heavy (non-hydrogen) atoms. The maximum absolute atomic E-state index is 11.2. The van der Waals surface area contributed by atoms with Gasteiger partial charge in [0.2, 0.25) is 0 Å². The van der Waals surface area contributed by atoms with Gasteiger partial charge in [0.05, 0.1) is 12.7 Å². The molecule has 0 N–H and O–H groups in total. The highest BCUT2D eigenvalue weighted by molar-refractivity contribution is 5.72. The standard InChI is InChI=1S/C13H16O4/c1-3-13(14)17-9-4-5-12-10(8-9)11(15-2)6-7-16-12/h4-5,8,11H,3,6-7H2,1-2H3. The summed E-state index contributed by atoms with van der Waals surface area (Å²) in [6, 6.07) is 5.37. The van der Waals surface area contributed by atoms with Crippen molar-refractivity contribution >= 4 is 5.97 Å².